The first kappa shape index (κ1) is 13.5. The predicted molar refractivity (Wildman–Crippen MR) is 69.7 cm³/mol. The first-order valence-electron chi connectivity index (χ1n) is 5.90. The summed E-state index contributed by atoms with van der Waals surface area (Å²) in [6.07, 6.45) is 3.38. The standard InChI is InChI=1S/C13H21NOS/c1-4-13(15)12-6-5-11(9-14-12)16-8-7-10(2)3/h5-6,9-10,13,15H,4,7-8H2,1-3H3/t13-/m1/s1. The first-order valence-corrected chi connectivity index (χ1v) is 6.88. The van der Waals surface area contributed by atoms with Gasteiger partial charge in [-0.3, -0.25) is 4.98 Å². The topological polar surface area (TPSA) is 33.1 Å². The van der Waals surface area contributed by atoms with Crippen molar-refractivity contribution in [2.45, 2.75) is 44.6 Å². The summed E-state index contributed by atoms with van der Waals surface area (Å²) in [4.78, 5) is 5.46. The molecule has 90 valence electrons. The Kier molecular flexibility index (Phi) is 5.85. The number of thioether (sulfide) groups is 1. The second kappa shape index (κ2) is 6.92. The number of hydrogen-bond acceptors (Lipinski definition) is 3. The number of nitrogens with zero attached hydrogens (tertiary/aromatic N) is 1. The van der Waals surface area contributed by atoms with Crippen LogP contribution >= 0.6 is 11.8 Å². The third-order valence-electron chi connectivity index (χ3n) is 2.45. The van der Waals surface area contributed by atoms with Crippen molar-refractivity contribution in [2.24, 2.45) is 5.92 Å². The van der Waals surface area contributed by atoms with Gasteiger partial charge in [0.2, 0.25) is 0 Å². The van der Waals surface area contributed by atoms with Gasteiger partial charge in [-0.2, -0.15) is 0 Å². The molecule has 3 heteroatoms. The fraction of sp³-hybridized carbons (Fsp3) is 0.615. The van der Waals surface area contributed by atoms with Crippen molar-refractivity contribution in [3.05, 3.63) is 24.0 Å². The molecule has 0 saturated heterocycles. The molecule has 0 radical (unpaired) electrons. The predicted octanol–water partition coefficient (Wildman–Crippen LogP) is 3.66. The van der Waals surface area contributed by atoms with Crippen LogP contribution in [0.15, 0.2) is 23.2 Å². The van der Waals surface area contributed by atoms with E-state index in [-0.39, 0.29) is 0 Å². The maximum Gasteiger partial charge on any atom is 0.0957 e. The smallest absolute Gasteiger partial charge is 0.0957 e. The summed E-state index contributed by atoms with van der Waals surface area (Å²) in [7, 11) is 0. The van der Waals surface area contributed by atoms with Crippen LogP contribution in [-0.4, -0.2) is 15.8 Å². The quantitative estimate of drug-likeness (QED) is 0.769. The summed E-state index contributed by atoms with van der Waals surface area (Å²) in [5.74, 6) is 1.89. The van der Waals surface area contributed by atoms with E-state index >= 15 is 0 Å². The fourth-order valence-corrected chi connectivity index (χ4v) is 2.41. The normalized spacial score (nSPS) is 13.1. The minimum atomic E-state index is -0.422. The van der Waals surface area contributed by atoms with Crippen LogP contribution in [0, 0.1) is 5.92 Å². The Morgan fingerprint density at radius 2 is 2.12 bits per heavy atom. The van der Waals surface area contributed by atoms with Gasteiger partial charge in [0.1, 0.15) is 0 Å². The van der Waals surface area contributed by atoms with Gasteiger partial charge in [0.25, 0.3) is 0 Å². The van der Waals surface area contributed by atoms with Gasteiger partial charge >= 0.3 is 0 Å². The average Bonchev–Trinajstić information content (AvgIpc) is 2.28. The Bertz CT molecular complexity index is 297. The zero-order valence-electron chi connectivity index (χ0n) is 10.3. The lowest BCUT2D eigenvalue weighted by Gasteiger charge is -2.08. The molecule has 0 aliphatic carbocycles. The van der Waals surface area contributed by atoms with Crippen molar-refractivity contribution in [3.63, 3.8) is 0 Å². The van der Waals surface area contributed by atoms with Gasteiger partial charge in [-0.05, 0) is 36.6 Å². The van der Waals surface area contributed by atoms with Gasteiger partial charge in [0.15, 0.2) is 0 Å². The molecule has 0 spiro atoms. The molecule has 1 atom stereocenters. The van der Waals surface area contributed by atoms with Crippen molar-refractivity contribution in [1.29, 1.82) is 0 Å². The maximum atomic E-state index is 9.60. The molecular formula is C13H21NOS. The van der Waals surface area contributed by atoms with Crippen LogP contribution in [0.2, 0.25) is 0 Å². The molecular weight excluding hydrogens is 218 g/mol. The van der Waals surface area contributed by atoms with Crippen LogP contribution in [-0.2, 0) is 0 Å². The van der Waals surface area contributed by atoms with Crippen molar-refractivity contribution >= 4 is 11.8 Å². The van der Waals surface area contributed by atoms with E-state index in [0.29, 0.717) is 6.42 Å². The number of aliphatic hydroxyl groups excluding tert-OH is 1. The van der Waals surface area contributed by atoms with Gasteiger partial charge < -0.3 is 5.11 Å². The Morgan fingerprint density at radius 1 is 1.38 bits per heavy atom. The first-order chi connectivity index (χ1) is 7.63. The molecule has 1 heterocycles. The summed E-state index contributed by atoms with van der Waals surface area (Å²) >= 11 is 1.83. The summed E-state index contributed by atoms with van der Waals surface area (Å²) < 4.78 is 0. The lowest BCUT2D eigenvalue weighted by Crippen LogP contribution is -1.98. The van der Waals surface area contributed by atoms with Gasteiger partial charge in [-0.15, -0.1) is 11.8 Å². The highest BCUT2D eigenvalue weighted by Gasteiger charge is 2.05. The molecule has 1 N–H and O–H groups in total. The minimum Gasteiger partial charge on any atom is -0.387 e. The minimum absolute atomic E-state index is 0.422. The Labute approximate surface area is 102 Å². The van der Waals surface area contributed by atoms with E-state index in [4.69, 9.17) is 0 Å². The van der Waals surface area contributed by atoms with Gasteiger partial charge in [0.05, 0.1) is 11.8 Å². The molecule has 16 heavy (non-hydrogen) atoms. The molecule has 0 fully saturated rings. The molecule has 0 aromatic carbocycles. The van der Waals surface area contributed by atoms with Crippen LogP contribution in [0.4, 0.5) is 0 Å². The summed E-state index contributed by atoms with van der Waals surface area (Å²) in [6.45, 7) is 6.43. The maximum absolute atomic E-state index is 9.60. The van der Waals surface area contributed by atoms with Crippen molar-refractivity contribution < 1.29 is 5.11 Å². The van der Waals surface area contributed by atoms with E-state index in [1.54, 1.807) is 0 Å². The SMILES string of the molecule is CC[C@@H](O)c1ccc(SCCC(C)C)cn1. The number of hydrogen-bond donors (Lipinski definition) is 1. The third-order valence-corrected chi connectivity index (χ3v) is 3.47. The highest BCUT2D eigenvalue weighted by molar-refractivity contribution is 7.99. The van der Waals surface area contributed by atoms with E-state index < -0.39 is 6.10 Å². The average molecular weight is 239 g/mol. The van der Waals surface area contributed by atoms with Crippen LogP contribution in [0.3, 0.4) is 0 Å². The zero-order chi connectivity index (χ0) is 12.0. The molecule has 0 unspecified atom stereocenters. The van der Waals surface area contributed by atoms with Crippen LogP contribution in [0.25, 0.3) is 0 Å². The molecule has 0 aliphatic rings. The van der Waals surface area contributed by atoms with Crippen molar-refractivity contribution in [2.75, 3.05) is 5.75 Å². The lowest BCUT2D eigenvalue weighted by atomic mass is 10.2. The zero-order valence-corrected chi connectivity index (χ0v) is 11.1. The fourth-order valence-electron chi connectivity index (χ4n) is 1.30. The number of aliphatic hydroxyl groups is 1. The van der Waals surface area contributed by atoms with E-state index in [1.807, 2.05) is 37.0 Å². The molecule has 0 saturated carbocycles. The lowest BCUT2D eigenvalue weighted by molar-refractivity contribution is 0.169. The number of aromatic nitrogens is 1. The van der Waals surface area contributed by atoms with Crippen molar-refractivity contribution in [1.82, 2.24) is 4.98 Å². The summed E-state index contributed by atoms with van der Waals surface area (Å²) in [5.41, 5.74) is 0.774. The van der Waals surface area contributed by atoms with Crippen LogP contribution in [0.1, 0.15) is 45.4 Å². The van der Waals surface area contributed by atoms with Crippen molar-refractivity contribution in [3.8, 4) is 0 Å². The third kappa shape index (κ3) is 4.54. The molecule has 1 aromatic heterocycles. The van der Waals surface area contributed by atoms with Gasteiger partial charge in [-0.1, -0.05) is 20.8 Å². The molecule has 0 amide bonds. The Hall–Kier alpha value is -0.540. The number of rotatable bonds is 6. The molecule has 0 bridgehead atoms. The van der Waals surface area contributed by atoms with Gasteiger partial charge in [-0.25, -0.2) is 0 Å². The van der Waals surface area contributed by atoms with Crippen LogP contribution in [0.5, 0.6) is 0 Å². The van der Waals surface area contributed by atoms with E-state index in [9.17, 15) is 5.11 Å². The van der Waals surface area contributed by atoms with E-state index in [1.165, 1.54) is 11.3 Å². The molecule has 2 nitrogen and oxygen atoms in total. The van der Waals surface area contributed by atoms with Gasteiger partial charge in [0, 0.05) is 11.1 Å². The Morgan fingerprint density at radius 3 is 2.62 bits per heavy atom. The molecule has 0 aliphatic heterocycles. The second-order valence-electron chi connectivity index (χ2n) is 4.37. The van der Waals surface area contributed by atoms with E-state index in [0.717, 1.165) is 17.4 Å². The van der Waals surface area contributed by atoms with Crippen LogP contribution < -0.4 is 0 Å². The molecule has 1 aromatic rings. The highest BCUT2D eigenvalue weighted by atomic mass is 32.2. The monoisotopic (exact) mass is 239 g/mol. The second-order valence-corrected chi connectivity index (χ2v) is 5.54. The number of pyridine rings is 1. The van der Waals surface area contributed by atoms with E-state index in [2.05, 4.69) is 18.8 Å². The Balaban J connectivity index is 2.45. The largest absolute Gasteiger partial charge is 0.387 e. The molecule has 1 rings (SSSR count). The summed E-state index contributed by atoms with van der Waals surface area (Å²) in [5, 5.41) is 9.60. The highest BCUT2D eigenvalue weighted by Crippen LogP contribution is 2.21. The summed E-state index contributed by atoms with van der Waals surface area (Å²) in [6, 6.07) is 3.97.